The lowest BCUT2D eigenvalue weighted by atomic mass is 10.0. The second-order valence-electron chi connectivity index (χ2n) is 3.08. The summed E-state index contributed by atoms with van der Waals surface area (Å²) < 4.78 is 0. The van der Waals surface area contributed by atoms with E-state index in [2.05, 4.69) is 0 Å². The van der Waals surface area contributed by atoms with Crippen molar-refractivity contribution in [2.45, 2.75) is 32.2 Å². The lowest BCUT2D eigenvalue weighted by Gasteiger charge is -2.26. The second kappa shape index (κ2) is 1.70. The highest BCUT2D eigenvalue weighted by Gasteiger charge is 2.35. The van der Waals surface area contributed by atoms with Gasteiger partial charge in [-0.15, -0.1) is 0 Å². The molecule has 0 spiro atoms. The fourth-order valence-electron chi connectivity index (χ4n) is 0.991. The molecule has 3 heteroatoms. The molecule has 1 amide bonds. The lowest BCUT2D eigenvalue weighted by Crippen LogP contribution is -2.45. The molecule has 0 radical (unpaired) electrons. The minimum atomic E-state index is -0.114. The summed E-state index contributed by atoms with van der Waals surface area (Å²) in [4.78, 5) is 10.8. The van der Waals surface area contributed by atoms with Crippen molar-refractivity contribution >= 4 is 5.91 Å². The summed E-state index contributed by atoms with van der Waals surface area (Å²) in [5, 5.41) is 1.33. The molecule has 2 N–H and O–H groups in total. The number of hydrogen-bond acceptors (Lipinski definition) is 2. The van der Waals surface area contributed by atoms with E-state index < -0.39 is 0 Å². The van der Waals surface area contributed by atoms with Gasteiger partial charge in [0.15, 0.2) is 0 Å². The Balaban J connectivity index is 2.73. The van der Waals surface area contributed by atoms with Crippen LogP contribution in [0.1, 0.15) is 26.7 Å². The summed E-state index contributed by atoms with van der Waals surface area (Å²) >= 11 is 0. The maximum atomic E-state index is 10.8. The van der Waals surface area contributed by atoms with E-state index in [1.807, 2.05) is 13.8 Å². The molecule has 1 aliphatic rings. The smallest absolute Gasteiger partial charge is 0.237 e. The van der Waals surface area contributed by atoms with Crippen molar-refractivity contribution in [2.75, 3.05) is 0 Å². The Hall–Kier alpha value is -0.570. The standard InChI is InChI=1S/C6H12N2O/c1-6(2)4-3-5(9)8(6)7/h3-4,7H2,1-2H3. The Morgan fingerprint density at radius 1 is 1.67 bits per heavy atom. The van der Waals surface area contributed by atoms with Gasteiger partial charge in [0.1, 0.15) is 0 Å². The molecule has 1 saturated heterocycles. The molecule has 52 valence electrons. The highest BCUT2D eigenvalue weighted by Crippen LogP contribution is 2.25. The number of rotatable bonds is 0. The highest BCUT2D eigenvalue weighted by molar-refractivity contribution is 5.78. The predicted octanol–water partition coefficient (Wildman–Crippen LogP) is 0.261. The van der Waals surface area contributed by atoms with E-state index in [1.54, 1.807) is 0 Å². The van der Waals surface area contributed by atoms with Crippen molar-refractivity contribution in [1.82, 2.24) is 5.01 Å². The van der Waals surface area contributed by atoms with Gasteiger partial charge in [0.05, 0.1) is 5.54 Å². The first-order valence-corrected chi connectivity index (χ1v) is 3.12. The summed E-state index contributed by atoms with van der Waals surface area (Å²) in [6, 6.07) is 0. The zero-order chi connectivity index (χ0) is 7.07. The molecule has 0 bridgehead atoms. The number of carbonyl (C=O) groups is 1. The summed E-state index contributed by atoms with van der Waals surface area (Å²) in [5.41, 5.74) is -0.114. The van der Waals surface area contributed by atoms with Crippen molar-refractivity contribution in [3.8, 4) is 0 Å². The third-order valence-electron chi connectivity index (χ3n) is 1.87. The normalized spacial score (nSPS) is 25.2. The monoisotopic (exact) mass is 128 g/mol. The molecule has 3 nitrogen and oxygen atoms in total. The van der Waals surface area contributed by atoms with E-state index in [0.29, 0.717) is 6.42 Å². The summed E-state index contributed by atoms with van der Waals surface area (Å²) in [5.74, 6) is 5.50. The number of carbonyl (C=O) groups excluding carboxylic acids is 1. The minimum absolute atomic E-state index is 0.0556. The Kier molecular flexibility index (Phi) is 1.24. The van der Waals surface area contributed by atoms with Gasteiger partial charge < -0.3 is 0 Å². The minimum Gasteiger partial charge on any atom is -0.275 e. The molecule has 0 atom stereocenters. The first kappa shape index (κ1) is 6.55. The molecule has 0 aromatic rings. The van der Waals surface area contributed by atoms with E-state index in [1.165, 1.54) is 5.01 Å². The molecule has 1 rings (SSSR count). The van der Waals surface area contributed by atoms with Crippen LogP contribution in [0.25, 0.3) is 0 Å². The largest absolute Gasteiger partial charge is 0.275 e. The maximum Gasteiger partial charge on any atom is 0.237 e. The average Bonchev–Trinajstić information content (AvgIpc) is 1.97. The molecule has 9 heavy (non-hydrogen) atoms. The molecular weight excluding hydrogens is 116 g/mol. The second-order valence-corrected chi connectivity index (χ2v) is 3.08. The van der Waals surface area contributed by atoms with E-state index in [9.17, 15) is 4.79 Å². The van der Waals surface area contributed by atoms with Crippen molar-refractivity contribution in [3.05, 3.63) is 0 Å². The van der Waals surface area contributed by atoms with Crippen molar-refractivity contribution in [1.29, 1.82) is 0 Å². The molecule has 1 aliphatic heterocycles. The van der Waals surface area contributed by atoms with Gasteiger partial charge >= 0.3 is 0 Å². The number of nitrogens with two attached hydrogens (primary N) is 1. The summed E-state index contributed by atoms with van der Waals surface area (Å²) in [6.07, 6.45) is 1.48. The van der Waals surface area contributed by atoms with Crippen LogP contribution in [0.3, 0.4) is 0 Å². The van der Waals surface area contributed by atoms with Crippen molar-refractivity contribution in [3.63, 3.8) is 0 Å². The van der Waals surface area contributed by atoms with Crippen LogP contribution < -0.4 is 5.84 Å². The van der Waals surface area contributed by atoms with Gasteiger partial charge in [-0.1, -0.05) is 0 Å². The SMILES string of the molecule is CC1(C)CCC(=O)N1N. The fraction of sp³-hybridized carbons (Fsp3) is 0.833. The maximum absolute atomic E-state index is 10.8. The average molecular weight is 128 g/mol. The van der Waals surface area contributed by atoms with Crippen LogP contribution >= 0.6 is 0 Å². The Labute approximate surface area is 54.8 Å². The van der Waals surface area contributed by atoms with Gasteiger partial charge in [-0.25, -0.2) is 5.84 Å². The molecular formula is C6H12N2O. The van der Waals surface area contributed by atoms with Crippen LogP contribution in [0, 0.1) is 0 Å². The molecule has 1 heterocycles. The summed E-state index contributed by atoms with van der Waals surface area (Å²) in [6.45, 7) is 3.94. The first-order chi connectivity index (χ1) is 4.04. The quantitative estimate of drug-likeness (QED) is 0.376. The Morgan fingerprint density at radius 2 is 2.22 bits per heavy atom. The topological polar surface area (TPSA) is 46.3 Å². The molecule has 0 unspecified atom stereocenters. The van der Waals surface area contributed by atoms with Gasteiger partial charge in [0, 0.05) is 6.42 Å². The van der Waals surface area contributed by atoms with E-state index in [4.69, 9.17) is 5.84 Å². The van der Waals surface area contributed by atoms with Gasteiger partial charge in [-0.05, 0) is 20.3 Å². The summed E-state index contributed by atoms with van der Waals surface area (Å²) in [7, 11) is 0. The van der Waals surface area contributed by atoms with Crippen LogP contribution in [0.5, 0.6) is 0 Å². The van der Waals surface area contributed by atoms with E-state index in [-0.39, 0.29) is 11.4 Å². The van der Waals surface area contributed by atoms with E-state index in [0.717, 1.165) is 6.42 Å². The zero-order valence-corrected chi connectivity index (χ0v) is 5.85. The molecule has 0 aromatic heterocycles. The fourth-order valence-corrected chi connectivity index (χ4v) is 0.991. The lowest BCUT2D eigenvalue weighted by molar-refractivity contribution is -0.130. The highest BCUT2D eigenvalue weighted by atomic mass is 16.2. The molecule has 0 aromatic carbocycles. The Bertz CT molecular complexity index is 142. The Morgan fingerprint density at radius 3 is 2.33 bits per heavy atom. The third kappa shape index (κ3) is 0.920. The van der Waals surface area contributed by atoms with Crippen LogP contribution in [-0.2, 0) is 4.79 Å². The molecule has 0 saturated carbocycles. The van der Waals surface area contributed by atoms with E-state index >= 15 is 0 Å². The van der Waals surface area contributed by atoms with Gasteiger partial charge in [0.25, 0.3) is 0 Å². The van der Waals surface area contributed by atoms with Crippen LogP contribution in [0.15, 0.2) is 0 Å². The van der Waals surface area contributed by atoms with Crippen molar-refractivity contribution in [2.24, 2.45) is 5.84 Å². The van der Waals surface area contributed by atoms with Crippen molar-refractivity contribution < 1.29 is 4.79 Å². The van der Waals surface area contributed by atoms with Gasteiger partial charge in [0.2, 0.25) is 5.91 Å². The zero-order valence-electron chi connectivity index (χ0n) is 5.85. The number of amides is 1. The number of nitrogens with zero attached hydrogens (tertiary/aromatic N) is 1. The van der Waals surface area contributed by atoms with Crippen LogP contribution in [0.4, 0.5) is 0 Å². The predicted molar refractivity (Wildman–Crippen MR) is 34.3 cm³/mol. The van der Waals surface area contributed by atoms with Crippen LogP contribution in [0.2, 0.25) is 0 Å². The van der Waals surface area contributed by atoms with Gasteiger partial charge in [-0.3, -0.25) is 9.80 Å². The first-order valence-electron chi connectivity index (χ1n) is 3.12. The number of hydrazine groups is 1. The number of hydrogen-bond donors (Lipinski definition) is 1. The molecule has 1 fully saturated rings. The third-order valence-corrected chi connectivity index (χ3v) is 1.87. The molecule has 0 aliphatic carbocycles. The van der Waals surface area contributed by atoms with Crippen LogP contribution in [-0.4, -0.2) is 16.5 Å². The van der Waals surface area contributed by atoms with Gasteiger partial charge in [-0.2, -0.15) is 0 Å².